The number of carbonyl (C=O) groups is 3. The molecule has 0 aliphatic heterocycles. The van der Waals surface area contributed by atoms with E-state index in [1.807, 2.05) is 12.1 Å². The zero-order chi connectivity index (χ0) is 19.2. The lowest BCUT2D eigenvalue weighted by Crippen LogP contribution is -2.46. The highest BCUT2D eigenvalue weighted by Crippen LogP contribution is 2.22. The van der Waals surface area contributed by atoms with Crippen LogP contribution in [0.25, 0.3) is 0 Å². The number of fused-ring (bicyclic) bond motifs is 1. The highest BCUT2D eigenvalue weighted by Gasteiger charge is 2.21. The molecule has 1 aliphatic rings. The Labute approximate surface area is 157 Å². The van der Waals surface area contributed by atoms with Gasteiger partial charge >= 0.3 is 5.97 Å². The van der Waals surface area contributed by atoms with E-state index in [4.69, 9.17) is 4.74 Å². The topological polar surface area (TPSA) is 84.5 Å². The maximum Gasteiger partial charge on any atom is 0.338 e. The van der Waals surface area contributed by atoms with E-state index in [9.17, 15) is 14.4 Å². The van der Waals surface area contributed by atoms with Crippen LogP contribution in [-0.4, -0.2) is 23.9 Å². The van der Waals surface area contributed by atoms with Gasteiger partial charge in [-0.15, -0.1) is 0 Å². The van der Waals surface area contributed by atoms with Gasteiger partial charge in [0.2, 0.25) is 0 Å². The molecule has 0 aromatic heterocycles. The lowest BCUT2D eigenvalue weighted by Gasteiger charge is -2.17. The molecule has 0 bridgehead atoms. The van der Waals surface area contributed by atoms with E-state index in [1.54, 1.807) is 36.4 Å². The molecular formula is C21H22N2O4. The second-order valence-electron chi connectivity index (χ2n) is 6.55. The molecule has 1 aliphatic carbocycles. The average Bonchev–Trinajstić information content (AvgIpc) is 2.71. The first-order valence-corrected chi connectivity index (χ1v) is 9.02. The molecule has 0 saturated heterocycles. The number of amides is 2. The normalized spacial score (nSPS) is 13.8. The van der Waals surface area contributed by atoms with E-state index in [1.165, 1.54) is 24.5 Å². The number of hydrogen-bond acceptors (Lipinski definition) is 4. The molecule has 3 rings (SSSR count). The number of esters is 1. The van der Waals surface area contributed by atoms with E-state index in [-0.39, 0.29) is 0 Å². The second kappa shape index (κ2) is 8.49. The molecule has 0 spiro atoms. The molecule has 2 aromatic carbocycles. The summed E-state index contributed by atoms with van der Waals surface area (Å²) >= 11 is 0. The lowest BCUT2D eigenvalue weighted by atomic mass is 9.90. The van der Waals surface area contributed by atoms with Crippen LogP contribution >= 0.6 is 0 Å². The van der Waals surface area contributed by atoms with Crippen molar-refractivity contribution in [2.75, 3.05) is 0 Å². The average molecular weight is 366 g/mol. The van der Waals surface area contributed by atoms with Crippen LogP contribution in [0.5, 0.6) is 0 Å². The van der Waals surface area contributed by atoms with Crippen LogP contribution in [0, 0.1) is 0 Å². The minimum atomic E-state index is -1.04. The lowest BCUT2D eigenvalue weighted by molar-refractivity contribution is -0.129. The molecule has 0 unspecified atom stereocenters. The first-order valence-electron chi connectivity index (χ1n) is 9.02. The van der Waals surface area contributed by atoms with Crippen molar-refractivity contribution in [2.24, 2.45) is 0 Å². The third-order valence-corrected chi connectivity index (χ3v) is 4.57. The Morgan fingerprint density at radius 3 is 2.33 bits per heavy atom. The number of aryl methyl sites for hydroxylation is 2. The van der Waals surface area contributed by atoms with Crippen LogP contribution in [0.15, 0.2) is 48.5 Å². The van der Waals surface area contributed by atoms with Gasteiger partial charge in [0, 0.05) is 5.56 Å². The molecule has 2 N–H and O–H groups in total. The van der Waals surface area contributed by atoms with Crippen molar-refractivity contribution in [3.05, 3.63) is 70.8 Å². The first-order chi connectivity index (χ1) is 13.0. The van der Waals surface area contributed by atoms with Crippen LogP contribution in [0.3, 0.4) is 0 Å². The molecule has 2 aromatic rings. The van der Waals surface area contributed by atoms with Crippen molar-refractivity contribution in [1.82, 2.24) is 10.9 Å². The van der Waals surface area contributed by atoms with Gasteiger partial charge in [-0.2, -0.15) is 0 Å². The summed E-state index contributed by atoms with van der Waals surface area (Å²) in [4.78, 5) is 36.3. The van der Waals surface area contributed by atoms with Gasteiger partial charge in [0.05, 0.1) is 5.56 Å². The smallest absolute Gasteiger partial charge is 0.338 e. The molecule has 0 radical (unpaired) electrons. The summed E-state index contributed by atoms with van der Waals surface area (Å²) in [5.41, 5.74) is 7.86. The van der Waals surface area contributed by atoms with Crippen molar-refractivity contribution >= 4 is 17.8 Å². The van der Waals surface area contributed by atoms with Gasteiger partial charge in [0.1, 0.15) is 0 Å². The van der Waals surface area contributed by atoms with Crippen LogP contribution in [-0.2, 0) is 22.4 Å². The van der Waals surface area contributed by atoms with Crippen molar-refractivity contribution in [3.63, 3.8) is 0 Å². The van der Waals surface area contributed by atoms with E-state index in [2.05, 4.69) is 10.9 Å². The zero-order valence-electron chi connectivity index (χ0n) is 15.2. The SMILES string of the molecule is C[C@H](OC(=O)c1ccc2c(c1)CCCC2)C(=O)NNC(=O)c1ccccc1. The van der Waals surface area contributed by atoms with Crippen LogP contribution in [0.1, 0.15) is 51.6 Å². The van der Waals surface area contributed by atoms with Crippen LogP contribution in [0.2, 0.25) is 0 Å². The molecule has 27 heavy (non-hydrogen) atoms. The number of hydrogen-bond donors (Lipinski definition) is 2. The molecule has 2 amide bonds. The van der Waals surface area contributed by atoms with E-state index < -0.39 is 23.9 Å². The Balaban J connectivity index is 1.53. The van der Waals surface area contributed by atoms with Gasteiger partial charge in [0.25, 0.3) is 11.8 Å². The molecule has 0 heterocycles. The predicted molar refractivity (Wildman–Crippen MR) is 100 cm³/mol. The van der Waals surface area contributed by atoms with Gasteiger partial charge < -0.3 is 4.74 Å². The fourth-order valence-corrected chi connectivity index (χ4v) is 3.02. The van der Waals surface area contributed by atoms with Crippen molar-refractivity contribution in [1.29, 1.82) is 0 Å². The van der Waals surface area contributed by atoms with Gasteiger partial charge in [0.15, 0.2) is 6.10 Å². The fourth-order valence-electron chi connectivity index (χ4n) is 3.02. The van der Waals surface area contributed by atoms with E-state index in [0.29, 0.717) is 11.1 Å². The molecule has 0 saturated carbocycles. The van der Waals surface area contributed by atoms with Crippen molar-refractivity contribution < 1.29 is 19.1 Å². The third-order valence-electron chi connectivity index (χ3n) is 4.57. The molecule has 6 heteroatoms. The third kappa shape index (κ3) is 4.73. The van der Waals surface area contributed by atoms with E-state index in [0.717, 1.165) is 19.3 Å². The molecule has 6 nitrogen and oxygen atoms in total. The zero-order valence-corrected chi connectivity index (χ0v) is 15.2. The number of hydrazine groups is 1. The largest absolute Gasteiger partial charge is 0.449 e. The Morgan fingerprint density at radius 1 is 0.889 bits per heavy atom. The summed E-state index contributed by atoms with van der Waals surface area (Å²) in [6.45, 7) is 1.46. The van der Waals surface area contributed by atoms with Gasteiger partial charge in [-0.05, 0) is 68.0 Å². The quantitative estimate of drug-likeness (QED) is 0.643. The summed E-state index contributed by atoms with van der Waals surface area (Å²) in [6.07, 6.45) is 3.24. The first kappa shape index (κ1) is 18.6. The number of benzene rings is 2. The maximum atomic E-state index is 12.3. The number of ether oxygens (including phenoxy) is 1. The Morgan fingerprint density at radius 2 is 1.59 bits per heavy atom. The number of carbonyl (C=O) groups excluding carboxylic acids is 3. The summed E-state index contributed by atoms with van der Waals surface area (Å²) < 4.78 is 5.22. The van der Waals surface area contributed by atoms with Crippen LogP contribution in [0.4, 0.5) is 0 Å². The van der Waals surface area contributed by atoms with Crippen molar-refractivity contribution in [2.45, 2.75) is 38.7 Å². The molecule has 140 valence electrons. The fraction of sp³-hybridized carbons (Fsp3) is 0.286. The highest BCUT2D eigenvalue weighted by atomic mass is 16.5. The summed E-state index contributed by atoms with van der Waals surface area (Å²) in [7, 11) is 0. The standard InChI is InChI=1S/C21H22N2O4/c1-14(19(24)22-23-20(25)16-8-3-2-4-9-16)27-21(26)18-12-11-15-7-5-6-10-17(15)13-18/h2-4,8-9,11-14H,5-7,10H2,1H3,(H,22,24)(H,23,25)/t14-/m0/s1. The number of rotatable bonds is 4. The van der Waals surface area contributed by atoms with Gasteiger partial charge in [-0.25, -0.2) is 4.79 Å². The Kier molecular flexibility index (Phi) is 5.86. The summed E-state index contributed by atoms with van der Waals surface area (Å²) in [6, 6.07) is 14.0. The van der Waals surface area contributed by atoms with Crippen molar-refractivity contribution in [3.8, 4) is 0 Å². The molecule has 0 fully saturated rings. The number of nitrogens with one attached hydrogen (secondary N) is 2. The van der Waals surface area contributed by atoms with E-state index >= 15 is 0 Å². The Bertz CT molecular complexity index is 849. The molecular weight excluding hydrogens is 344 g/mol. The second-order valence-corrected chi connectivity index (χ2v) is 6.55. The maximum absolute atomic E-state index is 12.3. The predicted octanol–water partition coefficient (Wildman–Crippen LogP) is 2.57. The van der Waals surface area contributed by atoms with Crippen LogP contribution < -0.4 is 10.9 Å². The monoisotopic (exact) mass is 366 g/mol. The molecule has 1 atom stereocenters. The summed E-state index contributed by atoms with van der Waals surface area (Å²) in [5, 5.41) is 0. The highest BCUT2D eigenvalue weighted by molar-refractivity contribution is 5.96. The minimum Gasteiger partial charge on any atom is -0.449 e. The summed E-state index contributed by atoms with van der Waals surface area (Å²) in [5.74, 6) is -1.61. The van der Waals surface area contributed by atoms with Gasteiger partial charge in [-0.3, -0.25) is 20.4 Å². The van der Waals surface area contributed by atoms with Gasteiger partial charge in [-0.1, -0.05) is 24.3 Å². The minimum absolute atomic E-state index is 0.413. The Hall–Kier alpha value is -3.15.